The first-order chi connectivity index (χ1) is 12.8. The molecule has 2 aromatic rings. The summed E-state index contributed by atoms with van der Waals surface area (Å²) in [6.45, 7) is 7.63. The molecular weight excluding hydrogens is 340 g/mol. The summed E-state index contributed by atoms with van der Waals surface area (Å²) in [5.74, 6) is 1.34. The first-order valence-electron chi connectivity index (χ1n) is 9.15. The summed E-state index contributed by atoms with van der Waals surface area (Å²) in [7, 11) is 3.20. The van der Waals surface area contributed by atoms with Gasteiger partial charge in [0, 0.05) is 25.2 Å². The summed E-state index contributed by atoms with van der Waals surface area (Å²) in [5.41, 5.74) is 3.42. The maximum Gasteiger partial charge on any atom is 0.222 e. The van der Waals surface area contributed by atoms with Gasteiger partial charge in [0.05, 0.1) is 14.2 Å². The van der Waals surface area contributed by atoms with E-state index in [1.165, 1.54) is 5.56 Å². The lowest BCUT2D eigenvalue weighted by Gasteiger charge is -2.19. The summed E-state index contributed by atoms with van der Waals surface area (Å²) < 4.78 is 10.5. The molecule has 2 rings (SSSR count). The molecule has 146 valence electrons. The molecule has 0 saturated carbocycles. The molecule has 2 aromatic carbocycles. The van der Waals surface area contributed by atoms with Crippen LogP contribution in [0.1, 0.15) is 38.3 Å². The summed E-state index contributed by atoms with van der Waals surface area (Å²) in [6, 6.07) is 14.0. The molecule has 0 aromatic heterocycles. The first-order valence-corrected chi connectivity index (χ1v) is 9.15. The minimum atomic E-state index is 0.00333. The van der Waals surface area contributed by atoms with Gasteiger partial charge in [-0.05, 0) is 40.8 Å². The van der Waals surface area contributed by atoms with Crippen LogP contribution in [0.25, 0.3) is 0 Å². The van der Waals surface area contributed by atoms with Crippen LogP contribution in [0.2, 0.25) is 0 Å². The van der Waals surface area contributed by atoms with Gasteiger partial charge < -0.3 is 20.1 Å². The second-order valence-corrected chi connectivity index (χ2v) is 7.47. The van der Waals surface area contributed by atoms with Crippen molar-refractivity contribution in [2.75, 3.05) is 26.1 Å². The average Bonchev–Trinajstić information content (AvgIpc) is 2.65. The summed E-state index contributed by atoms with van der Waals surface area (Å²) in [5, 5.41) is 6.22. The Morgan fingerprint density at radius 1 is 0.963 bits per heavy atom. The van der Waals surface area contributed by atoms with Crippen LogP contribution in [0, 0.1) is 0 Å². The van der Waals surface area contributed by atoms with Crippen molar-refractivity contribution in [3.05, 3.63) is 53.6 Å². The van der Waals surface area contributed by atoms with Gasteiger partial charge in [-0.3, -0.25) is 4.79 Å². The van der Waals surface area contributed by atoms with Crippen LogP contribution < -0.4 is 20.1 Å². The number of rotatable bonds is 8. The molecule has 0 unspecified atom stereocenters. The molecule has 0 heterocycles. The Hall–Kier alpha value is -2.69. The lowest BCUT2D eigenvalue weighted by atomic mass is 9.87. The van der Waals surface area contributed by atoms with Gasteiger partial charge in [-0.1, -0.05) is 39.0 Å². The van der Waals surface area contributed by atoms with Crippen molar-refractivity contribution >= 4 is 11.6 Å². The molecule has 2 N–H and O–H groups in total. The molecule has 0 atom stereocenters. The van der Waals surface area contributed by atoms with Crippen molar-refractivity contribution in [3.8, 4) is 11.5 Å². The van der Waals surface area contributed by atoms with Crippen molar-refractivity contribution in [2.24, 2.45) is 0 Å². The predicted octanol–water partition coefficient (Wildman–Crippen LogP) is 4.12. The third-order valence-electron chi connectivity index (χ3n) is 4.37. The van der Waals surface area contributed by atoms with Gasteiger partial charge in [-0.2, -0.15) is 0 Å². The van der Waals surface area contributed by atoms with E-state index in [1.54, 1.807) is 14.2 Å². The number of carbonyl (C=O) groups is 1. The molecule has 0 radical (unpaired) electrons. The predicted molar refractivity (Wildman–Crippen MR) is 110 cm³/mol. The van der Waals surface area contributed by atoms with Crippen LogP contribution in [0.5, 0.6) is 11.5 Å². The van der Waals surface area contributed by atoms with Gasteiger partial charge in [0.2, 0.25) is 5.91 Å². The van der Waals surface area contributed by atoms with Crippen molar-refractivity contribution in [1.82, 2.24) is 5.32 Å². The maximum atomic E-state index is 12.1. The van der Waals surface area contributed by atoms with Gasteiger partial charge in [0.1, 0.15) is 0 Å². The standard InChI is InChI=1S/C22H30N2O3/c1-22(2,3)17-7-9-18(10-8-17)23-13-12-21(25)24-15-16-6-11-19(26-4)20(14-16)27-5/h6-11,14,23H,12-13,15H2,1-5H3,(H,24,25). The van der Waals surface area contributed by atoms with E-state index in [0.29, 0.717) is 31.0 Å². The first kappa shape index (κ1) is 20.6. The van der Waals surface area contributed by atoms with E-state index >= 15 is 0 Å². The molecule has 1 amide bonds. The van der Waals surface area contributed by atoms with E-state index in [-0.39, 0.29) is 11.3 Å². The molecule has 0 aliphatic heterocycles. The molecule has 27 heavy (non-hydrogen) atoms. The zero-order chi connectivity index (χ0) is 19.9. The van der Waals surface area contributed by atoms with Gasteiger partial charge in [0.25, 0.3) is 0 Å². The Kier molecular flexibility index (Phi) is 7.11. The zero-order valence-electron chi connectivity index (χ0n) is 16.9. The van der Waals surface area contributed by atoms with Crippen LogP contribution in [0.15, 0.2) is 42.5 Å². The van der Waals surface area contributed by atoms with Gasteiger partial charge in [-0.25, -0.2) is 0 Å². The van der Waals surface area contributed by atoms with Crippen LogP contribution in [0.3, 0.4) is 0 Å². The Bertz CT molecular complexity index is 749. The minimum absolute atomic E-state index is 0.00333. The SMILES string of the molecule is COc1ccc(CNC(=O)CCNc2ccc(C(C)(C)C)cc2)cc1OC. The minimum Gasteiger partial charge on any atom is -0.493 e. The molecule has 0 aliphatic carbocycles. The summed E-state index contributed by atoms with van der Waals surface area (Å²) in [6.07, 6.45) is 0.411. The largest absolute Gasteiger partial charge is 0.493 e. The number of benzene rings is 2. The smallest absolute Gasteiger partial charge is 0.222 e. The van der Waals surface area contributed by atoms with E-state index in [4.69, 9.17) is 9.47 Å². The Labute approximate surface area is 162 Å². The van der Waals surface area contributed by atoms with Gasteiger partial charge in [-0.15, -0.1) is 0 Å². The summed E-state index contributed by atoms with van der Waals surface area (Å²) >= 11 is 0. The van der Waals surface area contributed by atoms with E-state index in [2.05, 4.69) is 55.7 Å². The summed E-state index contributed by atoms with van der Waals surface area (Å²) in [4.78, 5) is 12.1. The fourth-order valence-electron chi connectivity index (χ4n) is 2.69. The number of ether oxygens (including phenoxy) is 2. The van der Waals surface area contributed by atoms with E-state index < -0.39 is 0 Å². The molecule has 0 saturated heterocycles. The highest BCUT2D eigenvalue weighted by Gasteiger charge is 2.12. The third kappa shape index (κ3) is 6.20. The van der Waals surface area contributed by atoms with Crippen molar-refractivity contribution in [2.45, 2.75) is 39.2 Å². The van der Waals surface area contributed by atoms with Crippen molar-refractivity contribution in [1.29, 1.82) is 0 Å². The van der Waals surface area contributed by atoms with Crippen molar-refractivity contribution < 1.29 is 14.3 Å². The number of anilines is 1. The lowest BCUT2D eigenvalue weighted by Crippen LogP contribution is -2.24. The Morgan fingerprint density at radius 2 is 1.63 bits per heavy atom. The van der Waals surface area contributed by atoms with Gasteiger partial charge in [0.15, 0.2) is 11.5 Å². The molecule has 0 aliphatic rings. The molecule has 0 bridgehead atoms. The number of hydrogen-bond acceptors (Lipinski definition) is 4. The third-order valence-corrected chi connectivity index (χ3v) is 4.37. The molecule has 5 nitrogen and oxygen atoms in total. The van der Waals surface area contributed by atoms with Gasteiger partial charge >= 0.3 is 0 Å². The molecular formula is C22H30N2O3. The second kappa shape index (κ2) is 9.31. The Morgan fingerprint density at radius 3 is 2.22 bits per heavy atom. The van der Waals surface area contributed by atoms with Crippen molar-refractivity contribution in [3.63, 3.8) is 0 Å². The highest BCUT2D eigenvalue weighted by atomic mass is 16.5. The van der Waals surface area contributed by atoms with E-state index in [9.17, 15) is 4.79 Å². The molecule has 5 heteroatoms. The number of methoxy groups -OCH3 is 2. The highest BCUT2D eigenvalue weighted by Crippen LogP contribution is 2.27. The average molecular weight is 370 g/mol. The van der Waals surface area contributed by atoms with Crippen LogP contribution >= 0.6 is 0 Å². The quantitative estimate of drug-likeness (QED) is 0.734. The number of hydrogen-bond donors (Lipinski definition) is 2. The Balaban J connectivity index is 1.76. The van der Waals surface area contributed by atoms with Crippen LogP contribution in [-0.2, 0) is 16.8 Å². The van der Waals surface area contributed by atoms with E-state index in [1.807, 2.05) is 18.2 Å². The number of nitrogens with one attached hydrogen (secondary N) is 2. The molecule has 0 spiro atoms. The van der Waals surface area contributed by atoms with E-state index in [0.717, 1.165) is 11.3 Å². The topological polar surface area (TPSA) is 59.6 Å². The fraction of sp³-hybridized carbons (Fsp3) is 0.409. The highest BCUT2D eigenvalue weighted by molar-refractivity contribution is 5.76. The molecule has 0 fully saturated rings. The van der Waals surface area contributed by atoms with Crippen LogP contribution in [-0.4, -0.2) is 26.7 Å². The lowest BCUT2D eigenvalue weighted by molar-refractivity contribution is -0.121. The zero-order valence-corrected chi connectivity index (χ0v) is 16.9. The number of carbonyl (C=O) groups excluding carboxylic acids is 1. The monoisotopic (exact) mass is 370 g/mol. The van der Waals surface area contributed by atoms with Crippen LogP contribution in [0.4, 0.5) is 5.69 Å². The fourth-order valence-corrected chi connectivity index (χ4v) is 2.69. The maximum absolute atomic E-state index is 12.1. The number of amides is 1. The normalized spacial score (nSPS) is 11.0. The second-order valence-electron chi connectivity index (χ2n) is 7.47.